The minimum absolute atomic E-state index is 0.00427. The van der Waals surface area contributed by atoms with E-state index in [4.69, 9.17) is 9.47 Å². The van der Waals surface area contributed by atoms with Crippen LogP contribution in [0, 0.1) is 6.92 Å². The first-order chi connectivity index (χ1) is 13.2. The molecule has 1 aliphatic rings. The van der Waals surface area contributed by atoms with Gasteiger partial charge in [0, 0.05) is 33.2 Å². The number of likely N-dealkylation sites (tertiary alicyclic amines) is 1. The standard InChI is InChI=1S/C22H28N2O3/c1-17-7-6-8-18(13-17)15-24-16-20(27-19-9-4-3-5-10-19)14-21(24)22(25)23-11-12-26-2/h3-10,13,20-21H,11-12,14-16H2,1-2H3,(H,23,25)/t20-,21+/m0/s1. The molecule has 0 radical (unpaired) electrons. The zero-order valence-corrected chi connectivity index (χ0v) is 16.1. The first kappa shape index (κ1) is 19.4. The van der Waals surface area contributed by atoms with Crippen LogP contribution in [0.15, 0.2) is 54.6 Å². The number of amides is 1. The van der Waals surface area contributed by atoms with E-state index in [2.05, 4.69) is 41.4 Å². The first-order valence-electron chi connectivity index (χ1n) is 9.43. The van der Waals surface area contributed by atoms with Crippen molar-refractivity contribution in [1.82, 2.24) is 10.2 Å². The lowest BCUT2D eigenvalue weighted by atomic mass is 10.1. The van der Waals surface area contributed by atoms with Gasteiger partial charge in [0.1, 0.15) is 11.9 Å². The van der Waals surface area contributed by atoms with E-state index in [1.54, 1.807) is 7.11 Å². The molecule has 2 atom stereocenters. The lowest BCUT2D eigenvalue weighted by molar-refractivity contribution is -0.125. The summed E-state index contributed by atoms with van der Waals surface area (Å²) in [6.45, 7) is 4.59. The third-order valence-corrected chi connectivity index (χ3v) is 4.79. The Bertz CT molecular complexity index is 735. The Morgan fingerprint density at radius 2 is 2.00 bits per heavy atom. The number of carbonyl (C=O) groups is 1. The van der Waals surface area contributed by atoms with Gasteiger partial charge in [0.2, 0.25) is 5.91 Å². The van der Waals surface area contributed by atoms with E-state index in [0.29, 0.717) is 19.6 Å². The minimum atomic E-state index is -0.198. The van der Waals surface area contributed by atoms with Gasteiger partial charge >= 0.3 is 0 Å². The van der Waals surface area contributed by atoms with Gasteiger partial charge in [0.25, 0.3) is 0 Å². The second kappa shape index (κ2) is 9.53. The molecule has 1 amide bonds. The van der Waals surface area contributed by atoms with Crippen molar-refractivity contribution in [3.05, 3.63) is 65.7 Å². The van der Waals surface area contributed by atoms with E-state index in [9.17, 15) is 4.79 Å². The van der Waals surface area contributed by atoms with Crippen LogP contribution in [0.1, 0.15) is 17.5 Å². The molecule has 0 bridgehead atoms. The van der Waals surface area contributed by atoms with Crippen molar-refractivity contribution in [2.75, 3.05) is 26.8 Å². The molecule has 0 spiro atoms. The van der Waals surface area contributed by atoms with Crippen molar-refractivity contribution in [2.45, 2.75) is 32.0 Å². The number of ether oxygens (including phenoxy) is 2. The van der Waals surface area contributed by atoms with Crippen molar-refractivity contribution in [2.24, 2.45) is 0 Å². The van der Waals surface area contributed by atoms with Crippen LogP contribution in [-0.2, 0) is 16.1 Å². The molecule has 27 heavy (non-hydrogen) atoms. The second-order valence-corrected chi connectivity index (χ2v) is 7.01. The third kappa shape index (κ3) is 5.55. The van der Waals surface area contributed by atoms with Crippen LogP contribution >= 0.6 is 0 Å². The zero-order chi connectivity index (χ0) is 19.1. The van der Waals surface area contributed by atoms with Gasteiger partial charge in [-0.25, -0.2) is 0 Å². The van der Waals surface area contributed by atoms with Crippen molar-refractivity contribution < 1.29 is 14.3 Å². The molecule has 1 N–H and O–H groups in total. The van der Waals surface area contributed by atoms with E-state index in [0.717, 1.165) is 18.8 Å². The summed E-state index contributed by atoms with van der Waals surface area (Å²) in [4.78, 5) is 14.9. The van der Waals surface area contributed by atoms with E-state index < -0.39 is 0 Å². The topological polar surface area (TPSA) is 50.8 Å². The average molecular weight is 368 g/mol. The maximum Gasteiger partial charge on any atom is 0.237 e. The predicted octanol–water partition coefficient (Wildman–Crippen LogP) is 2.78. The maximum absolute atomic E-state index is 12.7. The van der Waals surface area contributed by atoms with Crippen molar-refractivity contribution in [3.8, 4) is 5.75 Å². The summed E-state index contributed by atoms with van der Waals surface area (Å²) in [6.07, 6.45) is 0.676. The molecule has 1 aliphatic heterocycles. The second-order valence-electron chi connectivity index (χ2n) is 7.01. The molecule has 2 aromatic carbocycles. The van der Waals surface area contributed by atoms with Gasteiger partial charge in [-0.2, -0.15) is 0 Å². The van der Waals surface area contributed by atoms with Gasteiger partial charge in [0.05, 0.1) is 12.6 Å². The highest BCUT2D eigenvalue weighted by molar-refractivity contribution is 5.82. The largest absolute Gasteiger partial charge is 0.489 e. The molecule has 0 aromatic heterocycles. The van der Waals surface area contributed by atoms with Crippen LogP contribution in [0.3, 0.4) is 0 Å². The number of methoxy groups -OCH3 is 1. The summed E-state index contributed by atoms with van der Waals surface area (Å²) in [5, 5.41) is 2.98. The van der Waals surface area contributed by atoms with Gasteiger partial charge < -0.3 is 14.8 Å². The predicted molar refractivity (Wildman–Crippen MR) is 106 cm³/mol. The highest BCUT2D eigenvalue weighted by Crippen LogP contribution is 2.25. The number of aryl methyl sites for hydroxylation is 1. The molecular weight excluding hydrogens is 340 g/mol. The molecule has 1 heterocycles. The van der Waals surface area contributed by atoms with Crippen molar-refractivity contribution in [3.63, 3.8) is 0 Å². The van der Waals surface area contributed by atoms with E-state index >= 15 is 0 Å². The molecule has 0 aliphatic carbocycles. The van der Waals surface area contributed by atoms with Crippen LogP contribution in [0.25, 0.3) is 0 Å². The summed E-state index contributed by atoms with van der Waals surface area (Å²) in [5.41, 5.74) is 2.44. The zero-order valence-electron chi connectivity index (χ0n) is 16.1. The van der Waals surface area contributed by atoms with Gasteiger partial charge in [0.15, 0.2) is 0 Å². The molecule has 1 saturated heterocycles. The number of nitrogens with zero attached hydrogens (tertiary/aromatic N) is 1. The van der Waals surface area contributed by atoms with Gasteiger partial charge in [-0.05, 0) is 24.6 Å². The Kier molecular flexibility index (Phi) is 6.85. The van der Waals surface area contributed by atoms with E-state index in [-0.39, 0.29) is 18.1 Å². The highest BCUT2D eigenvalue weighted by atomic mass is 16.5. The molecule has 144 valence electrons. The molecule has 5 nitrogen and oxygen atoms in total. The van der Waals surface area contributed by atoms with Gasteiger partial charge in [-0.1, -0.05) is 48.0 Å². The van der Waals surface area contributed by atoms with E-state index in [1.165, 1.54) is 11.1 Å². The molecule has 2 aromatic rings. The average Bonchev–Trinajstić information content (AvgIpc) is 3.05. The Labute approximate surface area is 161 Å². The Hall–Kier alpha value is -2.37. The van der Waals surface area contributed by atoms with Crippen LogP contribution in [0.5, 0.6) is 5.75 Å². The molecule has 0 saturated carbocycles. The van der Waals surface area contributed by atoms with Gasteiger partial charge in [-0.15, -0.1) is 0 Å². The Balaban J connectivity index is 1.69. The normalized spacial score (nSPS) is 19.8. The van der Waals surface area contributed by atoms with Crippen LogP contribution in [-0.4, -0.2) is 49.8 Å². The lowest BCUT2D eigenvalue weighted by Crippen LogP contribution is -2.43. The Morgan fingerprint density at radius 3 is 2.74 bits per heavy atom. The molecule has 1 fully saturated rings. The highest BCUT2D eigenvalue weighted by Gasteiger charge is 2.37. The van der Waals surface area contributed by atoms with Crippen molar-refractivity contribution in [1.29, 1.82) is 0 Å². The smallest absolute Gasteiger partial charge is 0.237 e. The van der Waals surface area contributed by atoms with E-state index in [1.807, 2.05) is 30.3 Å². The van der Waals surface area contributed by atoms with Crippen LogP contribution < -0.4 is 10.1 Å². The number of benzene rings is 2. The summed E-state index contributed by atoms with van der Waals surface area (Å²) in [5.74, 6) is 0.886. The SMILES string of the molecule is COCCNC(=O)[C@H]1C[C@H](Oc2ccccc2)CN1Cc1cccc(C)c1. The monoisotopic (exact) mass is 368 g/mol. The summed E-state index contributed by atoms with van der Waals surface area (Å²) in [7, 11) is 1.63. The minimum Gasteiger partial charge on any atom is -0.489 e. The van der Waals surface area contributed by atoms with Crippen LogP contribution in [0.2, 0.25) is 0 Å². The molecule has 3 rings (SSSR count). The molecule has 5 heteroatoms. The summed E-state index contributed by atoms with van der Waals surface area (Å²) in [6, 6.07) is 18.0. The number of hydrogen-bond acceptors (Lipinski definition) is 4. The fraction of sp³-hybridized carbons (Fsp3) is 0.409. The quantitative estimate of drug-likeness (QED) is 0.728. The Morgan fingerprint density at radius 1 is 1.19 bits per heavy atom. The fourth-order valence-electron chi connectivity index (χ4n) is 3.53. The molecule has 0 unspecified atom stereocenters. The number of rotatable bonds is 8. The maximum atomic E-state index is 12.7. The summed E-state index contributed by atoms with van der Waals surface area (Å²) < 4.78 is 11.2. The summed E-state index contributed by atoms with van der Waals surface area (Å²) >= 11 is 0. The number of nitrogens with one attached hydrogen (secondary N) is 1. The number of carbonyl (C=O) groups excluding carboxylic acids is 1. The third-order valence-electron chi connectivity index (χ3n) is 4.79. The number of para-hydroxylation sites is 1. The molecular formula is C22H28N2O3. The lowest BCUT2D eigenvalue weighted by Gasteiger charge is -2.23. The van der Waals surface area contributed by atoms with Crippen molar-refractivity contribution >= 4 is 5.91 Å². The first-order valence-corrected chi connectivity index (χ1v) is 9.43. The van der Waals surface area contributed by atoms with Crippen LogP contribution in [0.4, 0.5) is 0 Å². The fourth-order valence-corrected chi connectivity index (χ4v) is 3.53. The van der Waals surface area contributed by atoms with Gasteiger partial charge in [-0.3, -0.25) is 9.69 Å². The number of hydrogen-bond donors (Lipinski definition) is 1.